The summed E-state index contributed by atoms with van der Waals surface area (Å²) in [5, 5.41) is 9.33. The van der Waals surface area contributed by atoms with Crippen molar-refractivity contribution in [3.8, 4) is 11.8 Å². The predicted octanol–water partition coefficient (Wildman–Crippen LogP) is 8.19. The molecule has 1 amide bonds. The number of ketones is 1. The molecule has 0 spiro atoms. The minimum Gasteiger partial charge on any atom is -0.481 e. The highest BCUT2D eigenvalue weighted by molar-refractivity contribution is 6.13. The number of amides is 1. The molecule has 0 saturated heterocycles. The monoisotopic (exact) mass is 801 g/mol. The maximum Gasteiger partial charge on any atom is 0.303 e. The van der Waals surface area contributed by atoms with Gasteiger partial charge >= 0.3 is 5.97 Å². The van der Waals surface area contributed by atoms with E-state index >= 15 is 0 Å². The summed E-state index contributed by atoms with van der Waals surface area (Å²) < 4.78 is 0. The van der Waals surface area contributed by atoms with Gasteiger partial charge in [-0.15, -0.1) is 0 Å². The molecule has 3 N–H and O–H groups in total. The predicted molar refractivity (Wildman–Crippen MR) is 238 cm³/mol. The molecule has 3 aromatic rings. The third-order valence-electron chi connectivity index (χ3n) is 12.4. The van der Waals surface area contributed by atoms with Crippen molar-refractivity contribution in [2.24, 2.45) is 0 Å². The van der Waals surface area contributed by atoms with Crippen molar-refractivity contribution >= 4 is 50.9 Å². The van der Waals surface area contributed by atoms with E-state index in [9.17, 15) is 19.5 Å². The molecule has 0 fully saturated rings. The van der Waals surface area contributed by atoms with Crippen LogP contribution >= 0.6 is 0 Å². The van der Waals surface area contributed by atoms with Gasteiger partial charge in [0.15, 0.2) is 5.78 Å². The average Bonchev–Trinajstić information content (AvgIpc) is 3.94. The third-order valence-corrected chi connectivity index (χ3v) is 12.4. The van der Waals surface area contributed by atoms with Crippen LogP contribution in [0.15, 0.2) is 12.1 Å². The lowest BCUT2D eigenvalue weighted by atomic mass is 9.85. The first-order chi connectivity index (χ1) is 28.1. The van der Waals surface area contributed by atoms with Crippen molar-refractivity contribution in [1.29, 1.82) is 0 Å². The fourth-order valence-corrected chi connectivity index (χ4v) is 9.14. The Kier molecular flexibility index (Phi) is 13.6. The quantitative estimate of drug-likeness (QED) is 0.103. The second kappa shape index (κ2) is 18.5. The Labute approximate surface area is 349 Å². The SMILES string of the molecule is CCC1=C(C)c2cc3[nH]c(c(C)c3CC)c(C#CCCCC(=O)O)c3nc(c4c5[nH]c(cc1n2)c(C)c5C(=O)C4)C(CC(=O)N(CCCN(C)C)CCCN(C)C)[C@@H]3C. The van der Waals surface area contributed by atoms with Gasteiger partial charge in [0.25, 0.3) is 0 Å². The number of carbonyl (C=O) groups excluding carboxylic acids is 2. The minimum absolute atomic E-state index is 0.0427. The van der Waals surface area contributed by atoms with Crippen LogP contribution in [0.25, 0.3) is 33.2 Å². The molecule has 2 aliphatic heterocycles. The number of rotatable bonds is 15. The summed E-state index contributed by atoms with van der Waals surface area (Å²) in [5.74, 6) is 5.57. The maximum atomic E-state index is 14.6. The molecule has 11 heteroatoms. The van der Waals surface area contributed by atoms with Gasteiger partial charge in [-0.3, -0.25) is 19.4 Å². The van der Waals surface area contributed by atoms with Crippen LogP contribution in [0, 0.1) is 25.7 Å². The molecule has 1 aliphatic carbocycles. The van der Waals surface area contributed by atoms with Gasteiger partial charge in [-0.1, -0.05) is 32.6 Å². The first kappa shape index (κ1) is 43.5. The summed E-state index contributed by atoms with van der Waals surface area (Å²) in [6.07, 6.45) is 4.68. The van der Waals surface area contributed by atoms with Crippen LogP contribution in [0.4, 0.5) is 0 Å². The summed E-state index contributed by atoms with van der Waals surface area (Å²) in [4.78, 5) is 64.5. The summed E-state index contributed by atoms with van der Waals surface area (Å²) in [5.41, 5.74) is 14.5. The number of Topliss-reactive ketones (excluding diaryl/α,β-unsaturated/α-hetero) is 1. The minimum atomic E-state index is -0.844. The molecule has 59 heavy (non-hydrogen) atoms. The second-order valence-corrected chi connectivity index (χ2v) is 17.1. The number of aromatic nitrogens is 4. The normalized spacial score (nSPS) is 16.0. The lowest BCUT2D eigenvalue weighted by molar-refractivity contribution is -0.137. The molecular formula is C48H63N7O4. The van der Waals surface area contributed by atoms with E-state index in [1.54, 1.807) is 0 Å². The van der Waals surface area contributed by atoms with Crippen LogP contribution < -0.4 is 0 Å². The molecule has 0 radical (unpaired) electrons. The van der Waals surface area contributed by atoms with Gasteiger partial charge < -0.3 is 29.8 Å². The van der Waals surface area contributed by atoms with Crippen LogP contribution in [0.3, 0.4) is 0 Å². The van der Waals surface area contributed by atoms with E-state index in [-0.39, 0.29) is 42.8 Å². The molecule has 3 aliphatic rings. The number of unbranched alkanes of at least 4 members (excludes halogenated alkanes) is 1. The number of carbonyl (C=O) groups is 3. The first-order valence-electron chi connectivity index (χ1n) is 21.4. The molecule has 6 rings (SSSR count). The maximum absolute atomic E-state index is 14.6. The Morgan fingerprint density at radius 3 is 2.14 bits per heavy atom. The number of hydrogen-bond donors (Lipinski definition) is 3. The highest BCUT2D eigenvalue weighted by atomic mass is 16.4. The molecule has 5 heterocycles. The lowest BCUT2D eigenvalue weighted by Gasteiger charge is -2.27. The number of carboxylic acids is 1. The number of H-pyrrole nitrogens is 2. The van der Waals surface area contributed by atoms with E-state index in [1.807, 2.05) is 11.8 Å². The number of nitrogens with zero attached hydrogens (tertiary/aromatic N) is 5. The van der Waals surface area contributed by atoms with Crippen LogP contribution in [0.2, 0.25) is 0 Å². The average molecular weight is 802 g/mol. The second-order valence-electron chi connectivity index (χ2n) is 17.1. The van der Waals surface area contributed by atoms with E-state index in [2.05, 4.69) is 107 Å². The van der Waals surface area contributed by atoms with Crippen molar-refractivity contribution in [2.75, 3.05) is 54.4 Å². The topological polar surface area (TPSA) is 139 Å². The van der Waals surface area contributed by atoms with Crippen molar-refractivity contribution in [1.82, 2.24) is 34.6 Å². The highest BCUT2D eigenvalue weighted by Gasteiger charge is 2.38. The van der Waals surface area contributed by atoms with E-state index in [4.69, 9.17) is 9.97 Å². The number of allylic oxidation sites excluding steroid dienone is 2. The van der Waals surface area contributed by atoms with Crippen molar-refractivity contribution < 1.29 is 19.5 Å². The number of aryl methyl sites for hydroxylation is 3. The van der Waals surface area contributed by atoms with Crippen LogP contribution in [0.1, 0.15) is 145 Å². The molecule has 3 aromatic heterocycles. The Bertz CT molecular complexity index is 2390. The first-order valence-corrected chi connectivity index (χ1v) is 21.4. The van der Waals surface area contributed by atoms with Crippen molar-refractivity contribution in [3.05, 3.63) is 68.3 Å². The van der Waals surface area contributed by atoms with Crippen LogP contribution in [0.5, 0.6) is 0 Å². The number of hydrogen-bond acceptors (Lipinski definition) is 7. The lowest BCUT2D eigenvalue weighted by Crippen LogP contribution is -2.36. The zero-order chi connectivity index (χ0) is 42.7. The largest absolute Gasteiger partial charge is 0.481 e. The zero-order valence-corrected chi connectivity index (χ0v) is 36.9. The standard InChI is InChI=1S/C48H63N7O4/c1-11-32-28(3)37-26-40-33(12-2)29(4)45(51-40)34(18-14-13-15-19-43(58)59)46-30(5)35(25-42(57)55(22-16-20-53(7)8)23-17-21-54(9)10)47(52-46)36-24-41(56)44-31(6)38(50-48(36)44)27-39(32)49-37/h26-27,30,35,50-51H,11-13,15-17,19-25H2,1-10H3,(H,58,59)/t30-,35?/m0/s1. The van der Waals surface area contributed by atoms with Crippen molar-refractivity contribution in [3.63, 3.8) is 0 Å². The molecule has 0 aromatic carbocycles. The number of fused-ring (bicyclic) bond motifs is 8. The van der Waals surface area contributed by atoms with E-state index in [1.165, 1.54) is 11.1 Å². The smallest absolute Gasteiger partial charge is 0.303 e. The van der Waals surface area contributed by atoms with Gasteiger partial charge in [-0.05, 0) is 134 Å². The van der Waals surface area contributed by atoms with E-state index in [0.717, 1.165) is 111 Å². The van der Waals surface area contributed by atoms with Gasteiger partial charge in [-0.2, -0.15) is 0 Å². The van der Waals surface area contributed by atoms with E-state index in [0.29, 0.717) is 31.5 Å². The third kappa shape index (κ3) is 9.09. The molecular weight excluding hydrogens is 739 g/mol. The molecule has 0 saturated carbocycles. The van der Waals surface area contributed by atoms with Crippen molar-refractivity contribution in [2.45, 2.75) is 111 Å². The fraction of sp³-hybridized carbons (Fsp3) is 0.521. The molecule has 2 atom stereocenters. The van der Waals surface area contributed by atoms with Gasteiger partial charge in [0.1, 0.15) is 0 Å². The molecule has 314 valence electrons. The molecule has 11 nitrogen and oxygen atoms in total. The Balaban J connectivity index is 1.64. The Morgan fingerprint density at radius 2 is 1.51 bits per heavy atom. The van der Waals surface area contributed by atoms with Gasteiger partial charge in [0.2, 0.25) is 5.91 Å². The van der Waals surface area contributed by atoms with Crippen LogP contribution in [-0.2, 0) is 22.4 Å². The summed E-state index contributed by atoms with van der Waals surface area (Å²) in [6.45, 7) is 15.8. The van der Waals surface area contributed by atoms with E-state index < -0.39 is 5.97 Å². The summed E-state index contributed by atoms with van der Waals surface area (Å²) >= 11 is 0. The van der Waals surface area contributed by atoms with Crippen LogP contribution in [-0.4, -0.2) is 112 Å². The number of nitrogens with one attached hydrogen (secondary N) is 2. The molecule has 1 unspecified atom stereocenters. The zero-order valence-electron chi connectivity index (χ0n) is 36.9. The summed E-state index contributed by atoms with van der Waals surface area (Å²) in [6, 6.07) is 4.23. The van der Waals surface area contributed by atoms with Gasteiger partial charge in [-0.25, -0.2) is 4.98 Å². The number of carboxylic acid groups (broad SMARTS) is 1. The summed E-state index contributed by atoms with van der Waals surface area (Å²) in [7, 11) is 8.22. The fourth-order valence-electron chi connectivity index (χ4n) is 9.14. The van der Waals surface area contributed by atoms with Gasteiger partial charge in [0.05, 0.1) is 39.4 Å². The highest BCUT2D eigenvalue weighted by Crippen LogP contribution is 2.45. The Hall–Kier alpha value is -5.05. The number of aliphatic carboxylic acids is 1. The molecule has 8 bridgehead atoms. The van der Waals surface area contributed by atoms with Gasteiger partial charge in [0, 0.05) is 72.8 Å². The number of aromatic amines is 2. The Morgan fingerprint density at radius 1 is 0.847 bits per heavy atom.